The van der Waals surface area contributed by atoms with Gasteiger partial charge in [-0.05, 0) is 56.3 Å². The molecule has 162 valence electrons. The highest BCUT2D eigenvalue weighted by Gasteiger charge is 2.12. The van der Waals surface area contributed by atoms with Crippen molar-refractivity contribution in [2.45, 2.75) is 26.8 Å². The molecule has 6 nitrogen and oxygen atoms in total. The summed E-state index contributed by atoms with van der Waals surface area (Å²) in [6.07, 6.45) is 0.0601. The van der Waals surface area contributed by atoms with E-state index in [2.05, 4.69) is 39.5 Å². The maximum atomic E-state index is 12.5. The number of amides is 2. The van der Waals surface area contributed by atoms with E-state index in [1.165, 1.54) is 5.52 Å². The summed E-state index contributed by atoms with van der Waals surface area (Å²) < 4.78 is 2.26. The third kappa shape index (κ3) is 4.50. The molecule has 0 aliphatic rings. The van der Waals surface area contributed by atoms with Crippen molar-refractivity contribution in [3.05, 3.63) is 77.3 Å². The van der Waals surface area contributed by atoms with Crippen LogP contribution in [0.15, 0.2) is 71.8 Å². The van der Waals surface area contributed by atoms with Crippen LogP contribution in [0.1, 0.15) is 30.6 Å². The summed E-state index contributed by atoms with van der Waals surface area (Å²) >= 11 is 5.91. The summed E-state index contributed by atoms with van der Waals surface area (Å²) in [5.74, 6) is -0.591. The molecule has 4 aromatic rings. The average Bonchev–Trinajstić information content (AvgIpc) is 3.10. The average molecular weight is 447 g/mol. The molecule has 2 amide bonds. The number of fused-ring (bicyclic) bond motifs is 3. The predicted molar refractivity (Wildman–Crippen MR) is 130 cm³/mol. The number of anilines is 1. The molecule has 32 heavy (non-hydrogen) atoms. The number of carbonyl (C=O) groups is 2. The number of nitrogens with one attached hydrogen (secondary N) is 2. The van der Waals surface area contributed by atoms with Crippen LogP contribution in [0.2, 0.25) is 5.02 Å². The Hall–Kier alpha value is -3.64. The monoisotopic (exact) mass is 446 g/mol. The highest BCUT2D eigenvalue weighted by molar-refractivity contribution is 6.31. The lowest BCUT2D eigenvalue weighted by atomic mass is 10.1. The van der Waals surface area contributed by atoms with Crippen LogP contribution in [0.5, 0.6) is 0 Å². The molecule has 2 N–H and O–H groups in total. The van der Waals surface area contributed by atoms with Crippen LogP contribution in [-0.2, 0) is 11.3 Å². The number of halogens is 1. The van der Waals surface area contributed by atoms with Gasteiger partial charge in [0.05, 0.1) is 6.42 Å². The van der Waals surface area contributed by atoms with E-state index in [-0.39, 0.29) is 18.2 Å². The number of nitrogens with zero attached hydrogens (tertiary/aromatic N) is 2. The van der Waals surface area contributed by atoms with Crippen LogP contribution in [0.25, 0.3) is 21.8 Å². The first-order valence-corrected chi connectivity index (χ1v) is 10.7. The number of rotatable bonds is 6. The maximum absolute atomic E-state index is 12.5. The molecule has 0 aliphatic carbocycles. The summed E-state index contributed by atoms with van der Waals surface area (Å²) in [5.41, 5.74) is 6.37. The van der Waals surface area contributed by atoms with Gasteiger partial charge in [0.25, 0.3) is 5.91 Å². The minimum absolute atomic E-state index is 0.0601. The Morgan fingerprint density at radius 2 is 1.75 bits per heavy atom. The first kappa shape index (κ1) is 21.6. The topological polar surface area (TPSA) is 75.5 Å². The van der Waals surface area contributed by atoms with Gasteiger partial charge in [-0.25, -0.2) is 5.43 Å². The van der Waals surface area contributed by atoms with Gasteiger partial charge in [-0.2, -0.15) is 5.10 Å². The van der Waals surface area contributed by atoms with Gasteiger partial charge < -0.3 is 9.88 Å². The van der Waals surface area contributed by atoms with E-state index in [1.54, 1.807) is 31.2 Å². The quantitative estimate of drug-likeness (QED) is 0.298. The van der Waals surface area contributed by atoms with E-state index in [0.717, 1.165) is 28.5 Å². The molecule has 7 heteroatoms. The molecule has 0 aliphatic heterocycles. The van der Waals surface area contributed by atoms with Crippen molar-refractivity contribution in [3.8, 4) is 0 Å². The van der Waals surface area contributed by atoms with Gasteiger partial charge >= 0.3 is 0 Å². The Morgan fingerprint density at radius 3 is 2.53 bits per heavy atom. The van der Waals surface area contributed by atoms with Gasteiger partial charge in [0, 0.05) is 50.3 Å². The molecule has 1 aromatic heterocycles. The Kier molecular flexibility index (Phi) is 6.23. The summed E-state index contributed by atoms with van der Waals surface area (Å²) in [7, 11) is 0. The van der Waals surface area contributed by atoms with Crippen molar-refractivity contribution >= 4 is 56.6 Å². The molecular weight excluding hydrogens is 424 g/mol. The fraction of sp³-hybridized carbons (Fsp3) is 0.160. The fourth-order valence-corrected chi connectivity index (χ4v) is 3.98. The van der Waals surface area contributed by atoms with Gasteiger partial charge in [-0.15, -0.1) is 0 Å². The fourth-order valence-electron chi connectivity index (χ4n) is 3.79. The molecule has 0 saturated heterocycles. The molecule has 0 radical (unpaired) electrons. The van der Waals surface area contributed by atoms with Gasteiger partial charge in [-0.3, -0.25) is 9.59 Å². The first-order valence-electron chi connectivity index (χ1n) is 10.4. The van der Waals surface area contributed by atoms with Crippen molar-refractivity contribution in [1.29, 1.82) is 0 Å². The smallest absolute Gasteiger partial charge is 0.271 e. The molecule has 4 rings (SSSR count). The second-order valence-corrected chi connectivity index (χ2v) is 7.95. The lowest BCUT2D eigenvalue weighted by molar-refractivity contribution is -0.115. The Balaban J connectivity index is 1.45. The number of benzene rings is 3. The number of aromatic nitrogens is 1. The summed E-state index contributed by atoms with van der Waals surface area (Å²) in [6, 6.07) is 20.8. The third-order valence-electron chi connectivity index (χ3n) is 5.22. The molecule has 0 spiro atoms. The number of aryl methyl sites for hydroxylation is 1. The number of para-hydroxylation sites is 1. The van der Waals surface area contributed by atoms with Gasteiger partial charge in [0.1, 0.15) is 0 Å². The molecule has 3 aromatic carbocycles. The van der Waals surface area contributed by atoms with Gasteiger partial charge in [0.15, 0.2) is 0 Å². The molecule has 0 bridgehead atoms. The highest BCUT2D eigenvalue weighted by Crippen LogP contribution is 2.31. The molecule has 0 atom stereocenters. The SMILES string of the molecule is CCn1c2ccccc2c2cc(NC(=O)C/C(C)=N/NC(=O)c3cccc(Cl)c3)ccc21. The predicted octanol–water partition coefficient (Wildman–Crippen LogP) is 5.60. The van der Waals surface area contributed by atoms with Gasteiger partial charge in [0.2, 0.25) is 5.91 Å². The number of hydrazone groups is 1. The molecule has 0 unspecified atom stereocenters. The lowest BCUT2D eigenvalue weighted by Gasteiger charge is -2.07. The number of hydrogen-bond donors (Lipinski definition) is 2. The van der Waals surface area contributed by atoms with E-state index < -0.39 is 0 Å². The summed E-state index contributed by atoms with van der Waals surface area (Å²) in [4.78, 5) is 24.7. The van der Waals surface area contributed by atoms with E-state index in [1.807, 2.05) is 30.3 Å². The standard InChI is InChI=1S/C25H23ClN4O2/c1-3-30-22-10-5-4-9-20(22)21-15-19(11-12-23(21)30)27-24(31)13-16(2)28-29-25(32)17-7-6-8-18(26)14-17/h4-12,14-15H,3,13H2,1-2H3,(H,27,31)(H,29,32)/b28-16+. The Labute approximate surface area is 190 Å². The van der Waals surface area contributed by atoms with E-state index in [9.17, 15) is 9.59 Å². The first-order chi connectivity index (χ1) is 15.5. The van der Waals surface area contributed by atoms with Crippen LogP contribution < -0.4 is 10.7 Å². The van der Waals surface area contributed by atoms with Crippen molar-refractivity contribution in [2.75, 3.05) is 5.32 Å². The zero-order valence-corrected chi connectivity index (χ0v) is 18.6. The largest absolute Gasteiger partial charge is 0.341 e. The minimum Gasteiger partial charge on any atom is -0.341 e. The van der Waals surface area contributed by atoms with Crippen LogP contribution in [0.4, 0.5) is 5.69 Å². The number of carbonyl (C=O) groups excluding carboxylic acids is 2. The van der Waals surface area contributed by atoms with E-state index in [4.69, 9.17) is 11.6 Å². The zero-order chi connectivity index (χ0) is 22.7. The van der Waals surface area contributed by atoms with Crippen molar-refractivity contribution in [2.24, 2.45) is 5.10 Å². The van der Waals surface area contributed by atoms with E-state index >= 15 is 0 Å². The van der Waals surface area contributed by atoms with Crippen LogP contribution >= 0.6 is 11.6 Å². The second-order valence-electron chi connectivity index (χ2n) is 7.52. The number of hydrogen-bond acceptors (Lipinski definition) is 3. The lowest BCUT2D eigenvalue weighted by Crippen LogP contribution is -2.21. The normalized spacial score (nSPS) is 11.7. The van der Waals surface area contributed by atoms with Gasteiger partial charge in [-0.1, -0.05) is 35.9 Å². The zero-order valence-electron chi connectivity index (χ0n) is 17.9. The van der Waals surface area contributed by atoms with Crippen LogP contribution in [0.3, 0.4) is 0 Å². The summed E-state index contributed by atoms with van der Waals surface area (Å²) in [6.45, 7) is 4.68. The second kappa shape index (κ2) is 9.24. The third-order valence-corrected chi connectivity index (χ3v) is 5.46. The van der Waals surface area contributed by atoms with Crippen molar-refractivity contribution in [3.63, 3.8) is 0 Å². The van der Waals surface area contributed by atoms with Crippen molar-refractivity contribution < 1.29 is 9.59 Å². The molecule has 0 fully saturated rings. The highest BCUT2D eigenvalue weighted by atomic mass is 35.5. The molecule has 0 saturated carbocycles. The molecular formula is C25H23ClN4O2. The Bertz CT molecular complexity index is 1360. The van der Waals surface area contributed by atoms with Crippen molar-refractivity contribution in [1.82, 2.24) is 9.99 Å². The van der Waals surface area contributed by atoms with Crippen LogP contribution in [-0.4, -0.2) is 22.1 Å². The Morgan fingerprint density at radius 1 is 0.969 bits per heavy atom. The minimum atomic E-state index is -0.384. The molecule has 1 heterocycles. The van der Waals surface area contributed by atoms with E-state index in [0.29, 0.717) is 16.3 Å². The van der Waals surface area contributed by atoms with Crippen LogP contribution in [0, 0.1) is 0 Å². The maximum Gasteiger partial charge on any atom is 0.271 e. The summed E-state index contributed by atoms with van der Waals surface area (Å²) in [5, 5.41) is 9.67.